The van der Waals surface area contributed by atoms with Gasteiger partial charge in [-0.15, -0.1) is 0 Å². The summed E-state index contributed by atoms with van der Waals surface area (Å²) < 4.78 is 15.9. The summed E-state index contributed by atoms with van der Waals surface area (Å²) in [6.07, 6.45) is 3.77. The molecule has 0 aliphatic carbocycles. The second-order valence-corrected chi connectivity index (χ2v) is 5.80. The minimum atomic E-state index is -0.315. The molecule has 1 aromatic rings. The summed E-state index contributed by atoms with van der Waals surface area (Å²) in [4.78, 5) is 13.8. The highest BCUT2D eigenvalue weighted by molar-refractivity contribution is 5.90. The number of benzene rings is 1. The summed E-state index contributed by atoms with van der Waals surface area (Å²) in [7, 11) is 3.12. The van der Waals surface area contributed by atoms with Gasteiger partial charge >= 0.3 is 5.97 Å². The van der Waals surface area contributed by atoms with E-state index >= 15 is 0 Å². The van der Waals surface area contributed by atoms with Crippen LogP contribution in [-0.2, 0) is 4.74 Å². The zero-order valence-electron chi connectivity index (χ0n) is 13.7. The van der Waals surface area contributed by atoms with Crippen LogP contribution in [-0.4, -0.2) is 45.9 Å². The predicted molar refractivity (Wildman–Crippen MR) is 83.8 cm³/mol. The maximum Gasteiger partial charge on any atom is 0.338 e. The van der Waals surface area contributed by atoms with Crippen LogP contribution in [0.15, 0.2) is 18.2 Å². The van der Waals surface area contributed by atoms with Crippen molar-refractivity contribution < 1.29 is 23.9 Å². The van der Waals surface area contributed by atoms with E-state index in [1.165, 1.54) is 37.3 Å². The number of hydrogen-bond donors (Lipinski definition) is 1. The first-order valence-electron chi connectivity index (χ1n) is 7.90. The Hall–Kier alpha value is -1.75. The van der Waals surface area contributed by atoms with E-state index in [0.29, 0.717) is 17.1 Å². The van der Waals surface area contributed by atoms with Gasteiger partial charge in [-0.3, -0.25) is 0 Å². The first kappa shape index (κ1) is 16.6. The Bertz CT molecular complexity index is 497. The molecule has 1 fully saturated rings. The first-order chi connectivity index (χ1) is 10.6. The second-order valence-electron chi connectivity index (χ2n) is 5.80. The Kier molecular flexibility index (Phi) is 6.07. The molecular formula is C17H26NO4+. The van der Waals surface area contributed by atoms with Gasteiger partial charge in [0.25, 0.3) is 0 Å². The molecule has 0 bridgehead atoms. The molecule has 0 amide bonds. The van der Waals surface area contributed by atoms with Gasteiger partial charge in [0.2, 0.25) is 0 Å². The van der Waals surface area contributed by atoms with Crippen LogP contribution in [0.3, 0.4) is 0 Å². The number of carbonyl (C=O) groups excluding carboxylic acids is 1. The third-order valence-corrected chi connectivity index (χ3v) is 4.06. The number of piperidine rings is 1. The number of carbonyl (C=O) groups is 1. The summed E-state index contributed by atoms with van der Waals surface area (Å²) >= 11 is 0. The zero-order chi connectivity index (χ0) is 15.9. The second kappa shape index (κ2) is 8.03. The molecule has 1 atom stereocenters. The lowest BCUT2D eigenvalue weighted by Gasteiger charge is -2.26. The van der Waals surface area contributed by atoms with Crippen molar-refractivity contribution in [3.8, 4) is 11.5 Å². The van der Waals surface area contributed by atoms with Crippen molar-refractivity contribution in [2.75, 3.05) is 33.9 Å². The molecule has 5 heteroatoms. The SMILES string of the molecule is COc1ccc(C(=O)O[C@@H](C)C[NH+]2CCCCC2)cc1OC. The monoisotopic (exact) mass is 308 g/mol. The highest BCUT2D eigenvalue weighted by Crippen LogP contribution is 2.27. The topological polar surface area (TPSA) is 49.2 Å². The van der Waals surface area contributed by atoms with Crippen LogP contribution in [0, 0.1) is 0 Å². The highest BCUT2D eigenvalue weighted by Gasteiger charge is 2.20. The van der Waals surface area contributed by atoms with E-state index in [2.05, 4.69) is 0 Å². The van der Waals surface area contributed by atoms with Gasteiger partial charge in [0, 0.05) is 0 Å². The van der Waals surface area contributed by atoms with Gasteiger partial charge < -0.3 is 19.1 Å². The molecule has 0 spiro atoms. The first-order valence-corrected chi connectivity index (χ1v) is 7.90. The Morgan fingerprint density at radius 3 is 2.45 bits per heavy atom. The van der Waals surface area contributed by atoms with Crippen LogP contribution in [0.4, 0.5) is 0 Å². The van der Waals surface area contributed by atoms with Crippen molar-refractivity contribution in [2.45, 2.75) is 32.3 Å². The molecule has 0 unspecified atom stereocenters. The van der Waals surface area contributed by atoms with Gasteiger partial charge in [0.1, 0.15) is 12.6 Å². The van der Waals surface area contributed by atoms with Crippen molar-refractivity contribution in [3.63, 3.8) is 0 Å². The van der Waals surface area contributed by atoms with Crippen LogP contribution >= 0.6 is 0 Å². The molecule has 2 rings (SSSR count). The van der Waals surface area contributed by atoms with Crippen molar-refractivity contribution in [2.24, 2.45) is 0 Å². The fraction of sp³-hybridized carbons (Fsp3) is 0.588. The fourth-order valence-corrected chi connectivity index (χ4v) is 2.92. The van der Waals surface area contributed by atoms with E-state index in [9.17, 15) is 4.79 Å². The van der Waals surface area contributed by atoms with Gasteiger partial charge in [-0.1, -0.05) is 0 Å². The van der Waals surface area contributed by atoms with Crippen LogP contribution in [0.2, 0.25) is 0 Å². The molecule has 0 saturated carbocycles. The molecule has 1 aliphatic heterocycles. The van der Waals surface area contributed by atoms with Crippen LogP contribution < -0.4 is 14.4 Å². The molecule has 0 radical (unpaired) electrons. The van der Waals surface area contributed by atoms with Crippen LogP contribution in [0.5, 0.6) is 11.5 Å². The van der Waals surface area contributed by atoms with Gasteiger partial charge in [0.15, 0.2) is 11.5 Å². The van der Waals surface area contributed by atoms with Gasteiger partial charge in [-0.2, -0.15) is 0 Å². The van der Waals surface area contributed by atoms with Crippen LogP contribution in [0.25, 0.3) is 0 Å². The smallest absolute Gasteiger partial charge is 0.338 e. The number of methoxy groups -OCH3 is 2. The van der Waals surface area contributed by atoms with Crippen molar-refractivity contribution in [3.05, 3.63) is 23.8 Å². The van der Waals surface area contributed by atoms with E-state index in [4.69, 9.17) is 14.2 Å². The van der Waals surface area contributed by atoms with E-state index < -0.39 is 0 Å². The number of nitrogens with one attached hydrogen (secondary N) is 1. The van der Waals surface area contributed by atoms with Crippen molar-refractivity contribution in [1.82, 2.24) is 0 Å². The summed E-state index contributed by atoms with van der Waals surface area (Å²) in [5.74, 6) is 0.820. The van der Waals surface area contributed by atoms with Crippen molar-refractivity contribution >= 4 is 5.97 Å². The molecular weight excluding hydrogens is 282 g/mol. The maximum absolute atomic E-state index is 12.2. The molecule has 1 N–H and O–H groups in total. The summed E-state index contributed by atoms with van der Waals surface area (Å²) in [6, 6.07) is 5.07. The van der Waals surface area contributed by atoms with Gasteiger partial charge in [-0.25, -0.2) is 4.79 Å². The van der Waals surface area contributed by atoms with Crippen LogP contribution in [0.1, 0.15) is 36.5 Å². The molecule has 5 nitrogen and oxygen atoms in total. The van der Waals surface area contributed by atoms with Gasteiger partial charge in [-0.05, 0) is 44.4 Å². The third kappa shape index (κ3) is 4.37. The van der Waals surface area contributed by atoms with E-state index in [-0.39, 0.29) is 12.1 Å². The zero-order valence-corrected chi connectivity index (χ0v) is 13.7. The minimum absolute atomic E-state index is 0.0892. The summed E-state index contributed by atoms with van der Waals surface area (Å²) in [6.45, 7) is 5.19. The molecule has 1 saturated heterocycles. The Morgan fingerprint density at radius 2 is 1.82 bits per heavy atom. The molecule has 0 aromatic heterocycles. The van der Waals surface area contributed by atoms with E-state index in [1.807, 2.05) is 6.92 Å². The molecule has 22 heavy (non-hydrogen) atoms. The summed E-state index contributed by atoms with van der Waals surface area (Å²) in [5.41, 5.74) is 0.484. The molecule has 122 valence electrons. The lowest BCUT2D eigenvalue weighted by molar-refractivity contribution is -0.907. The number of rotatable bonds is 6. The maximum atomic E-state index is 12.2. The molecule has 1 aliphatic rings. The number of hydrogen-bond acceptors (Lipinski definition) is 4. The molecule has 1 heterocycles. The normalized spacial score (nSPS) is 16.9. The largest absolute Gasteiger partial charge is 0.493 e. The number of esters is 1. The van der Waals surface area contributed by atoms with E-state index in [1.54, 1.807) is 32.4 Å². The molecule has 1 aromatic carbocycles. The Morgan fingerprint density at radius 1 is 1.14 bits per heavy atom. The van der Waals surface area contributed by atoms with Crippen molar-refractivity contribution in [1.29, 1.82) is 0 Å². The lowest BCUT2D eigenvalue weighted by atomic mass is 10.1. The third-order valence-electron chi connectivity index (χ3n) is 4.06. The predicted octanol–water partition coefficient (Wildman–Crippen LogP) is 1.32. The summed E-state index contributed by atoms with van der Waals surface area (Å²) in [5, 5.41) is 0. The Balaban J connectivity index is 1.93. The lowest BCUT2D eigenvalue weighted by Crippen LogP contribution is -3.13. The fourth-order valence-electron chi connectivity index (χ4n) is 2.92. The van der Waals surface area contributed by atoms with E-state index in [0.717, 1.165) is 6.54 Å². The number of likely N-dealkylation sites (tertiary alicyclic amines) is 1. The average Bonchev–Trinajstić information content (AvgIpc) is 2.54. The van der Waals surface area contributed by atoms with Gasteiger partial charge in [0.05, 0.1) is 32.9 Å². The quantitative estimate of drug-likeness (QED) is 0.805. The minimum Gasteiger partial charge on any atom is -0.493 e. The average molecular weight is 308 g/mol. The highest BCUT2D eigenvalue weighted by atomic mass is 16.5. The standard InChI is InChI=1S/C17H25NO4/c1-13(12-18-9-5-4-6-10-18)22-17(19)14-7-8-15(20-2)16(11-14)21-3/h7-8,11,13H,4-6,9-10,12H2,1-3H3/p+1/t13-/m0/s1. The Labute approximate surface area is 132 Å². The number of ether oxygens (including phenoxy) is 3. The number of quaternary nitrogens is 1.